The van der Waals surface area contributed by atoms with Gasteiger partial charge in [0.15, 0.2) is 5.82 Å². The quantitative estimate of drug-likeness (QED) is 0.684. The first-order valence-electron chi connectivity index (χ1n) is 5.57. The largest absolute Gasteiger partial charge is 0.265 e. The summed E-state index contributed by atoms with van der Waals surface area (Å²) in [7, 11) is 0. The molecule has 0 saturated heterocycles. The third kappa shape index (κ3) is 2.08. The van der Waals surface area contributed by atoms with Gasteiger partial charge in [0.1, 0.15) is 0 Å². The average Bonchev–Trinajstić information content (AvgIpc) is 2.49. The molecule has 0 spiro atoms. The third-order valence-electron chi connectivity index (χ3n) is 2.57. The lowest BCUT2D eigenvalue weighted by Gasteiger charge is -2.03. The average molecular weight is 234 g/mol. The fraction of sp³-hybridized carbons (Fsp3) is 0. The molecule has 0 unspecified atom stereocenters. The van der Waals surface area contributed by atoms with Gasteiger partial charge < -0.3 is 0 Å². The Hall–Kier alpha value is -2.62. The first kappa shape index (κ1) is 10.5. The predicted molar refractivity (Wildman–Crippen MR) is 68.5 cm³/mol. The van der Waals surface area contributed by atoms with Crippen molar-refractivity contribution in [1.29, 1.82) is 0 Å². The molecule has 0 saturated carbocycles. The highest BCUT2D eigenvalue weighted by Gasteiger charge is 2.03. The Morgan fingerprint density at radius 2 is 1.22 bits per heavy atom. The lowest BCUT2D eigenvalue weighted by Crippen LogP contribution is -1.91. The van der Waals surface area contributed by atoms with Crippen LogP contribution in [0.4, 0.5) is 0 Å². The lowest BCUT2D eigenvalue weighted by atomic mass is 10.2. The van der Waals surface area contributed by atoms with Crippen LogP contribution in [0.3, 0.4) is 0 Å². The number of pyridine rings is 2. The van der Waals surface area contributed by atoms with Gasteiger partial charge in [0.2, 0.25) is 0 Å². The topological polar surface area (TPSA) is 51.6 Å². The van der Waals surface area contributed by atoms with Crippen molar-refractivity contribution in [3.05, 3.63) is 61.3 Å². The van der Waals surface area contributed by atoms with Crippen molar-refractivity contribution in [3.8, 4) is 22.6 Å². The Balaban J connectivity index is 2.05. The van der Waals surface area contributed by atoms with Gasteiger partial charge in [-0.25, -0.2) is 9.97 Å². The summed E-state index contributed by atoms with van der Waals surface area (Å²) >= 11 is 0. The minimum atomic E-state index is 0.701. The second-order valence-corrected chi connectivity index (χ2v) is 3.74. The molecule has 0 atom stereocenters. The molecule has 3 rings (SSSR count). The van der Waals surface area contributed by atoms with Crippen molar-refractivity contribution < 1.29 is 0 Å². The molecule has 0 radical (unpaired) electrons. The summed E-state index contributed by atoms with van der Waals surface area (Å²) in [4.78, 5) is 16.8. The summed E-state index contributed by atoms with van der Waals surface area (Å²) in [5.74, 6) is 0.701. The molecule has 0 aliphatic heterocycles. The van der Waals surface area contributed by atoms with Gasteiger partial charge in [0.25, 0.3) is 0 Å². The van der Waals surface area contributed by atoms with E-state index in [1.165, 1.54) is 0 Å². The first-order valence-corrected chi connectivity index (χ1v) is 5.57. The molecule has 3 heterocycles. The van der Waals surface area contributed by atoms with E-state index in [1.807, 2.05) is 30.3 Å². The van der Waals surface area contributed by atoms with E-state index in [4.69, 9.17) is 0 Å². The smallest absolute Gasteiger partial charge is 0.159 e. The fourth-order valence-corrected chi connectivity index (χ4v) is 1.68. The van der Waals surface area contributed by atoms with Gasteiger partial charge in [0.05, 0.1) is 5.69 Å². The van der Waals surface area contributed by atoms with Crippen molar-refractivity contribution in [2.75, 3.05) is 0 Å². The van der Waals surface area contributed by atoms with Gasteiger partial charge >= 0.3 is 0 Å². The van der Waals surface area contributed by atoms with E-state index in [2.05, 4.69) is 19.9 Å². The van der Waals surface area contributed by atoms with E-state index in [1.54, 1.807) is 31.0 Å². The molecule has 0 N–H and O–H groups in total. The van der Waals surface area contributed by atoms with E-state index in [0.717, 1.165) is 16.8 Å². The second kappa shape index (κ2) is 4.71. The molecule has 3 aromatic rings. The van der Waals surface area contributed by atoms with Gasteiger partial charge in [0, 0.05) is 42.1 Å². The van der Waals surface area contributed by atoms with Crippen LogP contribution >= 0.6 is 0 Å². The van der Waals surface area contributed by atoms with E-state index >= 15 is 0 Å². The van der Waals surface area contributed by atoms with Gasteiger partial charge in [-0.05, 0) is 30.3 Å². The molecule has 0 amide bonds. The molecule has 0 aromatic carbocycles. The third-order valence-corrected chi connectivity index (χ3v) is 2.57. The number of nitrogens with zero attached hydrogens (tertiary/aromatic N) is 4. The summed E-state index contributed by atoms with van der Waals surface area (Å²) in [6.45, 7) is 0. The van der Waals surface area contributed by atoms with Crippen LogP contribution in [-0.4, -0.2) is 19.9 Å². The minimum Gasteiger partial charge on any atom is -0.265 e. The van der Waals surface area contributed by atoms with E-state index < -0.39 is 0 Å². The summed E-state index contributed by atoms with van der Waals surface area (Å²) in [5, 5.41) is 0. The Labute approximate surface area is 104 Å². The van der Waals surface area contributed by atoms with E-state index in [-0.39, 0.29) is 0 Å². The van der Waals surface area contributed by atoms with Crippen molar-refractivity contribution >= 4 is 0 Å². The van der Waals surface area contributed by atoms with Gasteiger partial charge in [-0.3, -0.25) is 9.97 Å². The summed E-state index contributed by atoms with van der Waals surface area (Å²) in [5.41, 5.74) is 2.88. The summed E-state index contributed by atoms with van der Waals surface area (Å²) < 4.78 is 0. The van der Waals surface area contributed by atoms with E-state index in [9.17, 15) is 0 Å². The van der Waals surface area contributed by atoms with Crippen molar-refractivity contribution in [3.63, 3.8) is 0 Å². The zero-order valence-corrected chi connectivity index (χ0v) is 9.56. The van der Waals surface area contributed by atoms with Crippen LogP contribution in [0, 0.1) is 0 Å². The summed E-state index contributed by atoms with van der Waals surface area (Å²) in [6, 6.07) is 9.54. The number of hydrogen-bond donors (Lipinski definition) is 0. The second-order valence-electron chi connectivity index (χ2n) is 3.74. The van der Waals surface area contributed by atoms with Crippen LogP contribution in [0.2, 0.25) is 0 Å². The number of aromatic nitrogens is 4. The maximum Gasteiger partial charge on any atom is 0.159 e. The van der Waals surface area contributed by atoms with Crippen LogP contribution in [0.1, 0.15) is 0 Å². The monoisotopic (exact) mass is 234 g/mol. The van der Waals surface area contributed by atoms with Crippen LogP contribution in [-0.2, 0) is 0 Å². The van der Waals surface area contributed by atoms with Gasteiger partial charge in [-0.2, -0.15) is 0 Å². The molecule has 0 aliphatic rings. The minimum absolute atomic E-state index is 0.701. The Kier molecular flexibility index (Phi) is 2.75. The van der Waals surface area contributed by atoms with Crippen molar-refractivity contribution in [1.82, 2.24) is 19.9 Å². The highest BCUT2D eigenvalue weighted by molar-refractivity contribution is 5.62. The number of rotatable bonds is 2. The molecule has 4 heteroatoms. The summed E-state index contributed by atoms with van der Waals surface area (Å²) in [6.07, 6.45) is 8.74. The Morgan fingerprint density at radius 3 is 1.89 bits per heavy atom. The Morgan fingerprint density at radius 1 is 0.611 bits per heavy atom. The lowest BCUT2D eigenvalue weighted by molar-refractivity contribution is 1.17. The molecule has 0 aliphatic carbocycles. The molecule has 18 heavy (non-hydrogen) atoms. The predicted octanol–water partition coefficient (Wildman–Crippen LogP) is 2.60. The Bertz CT molecular complexity index is 583. The standard InChI is InChI=1S/C14H10N4/c1-6-15-7-2-11(1)13-5-10-17-14(18-13)12-3-8-16-9-4-12/h1-10H. The molecule has 0 bridgehead atoms. The highest BCUT2D eigenvalue weighted by atomic mass is 14.9. The zero-order valence-electron chi connectivity index (χ0n) is 9.56. The maximum absolute atomic E-state index is 4.55. The molecule has 86 valence electrons. The number of hydrogen-bond acceptors (Lipinski definition) is 4. The van der Waals surface area contributed by atoms with E-state index in [0.29, 0.717) is 5.82 Å². The molecule has 4 nitrogen and oxygen atoms in total. The molecular weight excluding hydrogens is 224 g/mol. The van der Waals surface area contributed by atoms with Crippen LogP contribution in [0.25, 0.3) is 22.6 Å². The van der Waals surface area contributed by atoms with Gasteiger partial charge in [-0.15, -0.1) is 0 Å². The zero-order chi connectivity index (χ0) is 12.2. The normalized spacial score (nSPS) is 10.2. The molecule has 0 fully saturated rings. The van der Waals surface area contributed by atoms with Crippen molar-refractivity contribution in [2.45, 2.75) is 0 Å². The van der Waals surface area contributed by atoms with Crippen molar-refractivity contribution in [2.24, 2.45) is 0 Å². The maximum atomic E-state index is 4.55. The first-order chi connectivity index (χ1) is 8.93. The van der Waals surface area contributed by atoms with Crippen LogP contribution < -0.4 is 0 Å². The highest BCUT2D eigenvalue weighted by Crippen LogP contribution is 2.19. The van der Waals surface area contributed by atoms with Gasteiger partial charge in [-0.1, -0.05) is 0 Å². The molecular formula is C14H10N4. The SMILES string of the molecule is c1cc(-c2ccnc(-c3ccncc3)n2)ccn1. The molecule has 3 aromatic heterocycles. The fourth-order valence-electron chi connectivity index (χ4n) is 1.68. The van der Waals surface area contributed by atoms with Crippen LogP contribution in [0.15, 0.2) is 61.3 Å². The van der Waals surface area contributed by atoms with Crippen LogP contribution in [0.5, 0.6) is 0 Å².